The maximum atomic E-state index is 11.9. The van der Waals surface area contributed by atoms with E-state index < -0.39 is 17.9 Å². The van der Waals surface area contributed by atoms with Crippen LogP contribution in [0, 0.1) is 5.92 Å². The molecule has 1 aliphatic rings. The molecule has 3 unspecified atom stereocenters. The standard InChI is InChI=1S/C12H22N2O4/c1-4-13-11(15)10-7-18-6-5-14(10)9(3)8(2)12(16)17/h8-10H,4-7H2,1-3H3,(H,13,15)(H,16,17). The quantitative estimate of drug-likeness (QED) is 0.722. The van der Waals surface area contributed by atoms with E-state index in [2.05, 4.69) is 5.32 Å². The molecule has 0 spiro atoms. The van der Waals surface area contributed by atoms with Gasteiger partial charge in [0.1, 0.15) is 6.04 Å². The van der Waals surface area contributed by atoms with Gasteiger partial charge in [-0.05, 0) is 13.8 Å². The number of carbonyl (C=O) groups excluding carboxylic acids is 1. The number of ether oxygens (including phenoxy) is 1. The van der Waals surface area contributed by atoms with Crippen LogP contribution in [0.2, 0.25) is 0 Å². The highest BCUT2D eigenvalue weighted by atomic mass is 16.5. The molecule has 0 aromatic heterocycles. The van der Waals surface area contributed by atoms with E-state index in [4.69, 9.17) is 9.84 Å². The van der Waals surface area contributed by atoms with Crippen molar-refractivity contribution in [2.45, 2.75) is 32.9 Å². The minimum Gasteiger partial charge on any atom is -0.481 e. The average molecular weight is 258 g/mol. The summed E-state index contributed by atoms with van der Waals surface area (Å²) < 4.78 is 5.32. The van der Waals surface area contributed by atoms with Crippen molar-refractivity contribution in [3.05, 3.63) is 0 Å². The van der Waals surface area contributed by atoms with E-state index in [1.807, 2.05) is 18.7 Å². The van der Waals surface area contributed by atoms with Crippen LogP contribution in [0.3, 0.4) is 0 Å². The van der Waals surface area contributed by atoms with E-state index in [1.165, 1.54) is 0 Å². The Morgan fingerprint density at radius 1 is 1.50 bits per heavy atom. The molecule has 6 heteroatoms. The highest BCUT2D eigenvalue weighted by molar-refractivity contribution is 5.82. The second-order valence-corrected chi connectivity index (χ2v) is 4.59. The van der Waals surface area contributed by atoms with Crippen molar-refractivity contribution in [1.82, 2.24) is 10.2 Å². The number of nitrogens with zero attached hydrogens (tertiary/aromatic N) is 1. The molecule has 2 N–H and O–H groups in total. The van der Waals surface area contributed by atoms with Gasteiger partial charge in [0.25, 0.3) is 0 Å². The minimum absolute atomic E-state index is 0.0957. The Hall–Kier alpha value is -1.14. The molecular formula is C12H22N2O4. The normalized spacial score (nSPS) is 24.3. The molecule has 0 saturated carbocycles. The predicted molar refractivity (Wildman–Crippen MR) is 66.3 cm³/mol. The smallest absolute Gasteiger partial charge is 0.307 e. The molecule has 104 valence electrons. The number of carboxylic acids is 1. The SMILES string of the molecule is CCNC(=O)C1COCCN1C(C)C(C)C(=O)O. The fourth-order valence-electron chi connectivity index (χ4n) is 2.12. The molecule has 1 amide bonds. The lowest BCUT2D eigenvalue weighted by Gasteiger charge is -2.40. The number of amides is 1. The van der Waals surface area contributed by atoms with Gasteiger partial charge in [0, 0.05) is 19.1 Å². The Morgan fingerprint density at radius 3 is 2.72 bits per heavy atom. The summed E-state index contributed by atoms with van der Waals surface area (Å²) in [4.78, 5) is 24.9. The number of carbonyl (C=O) groups is 2. The van der Waals surface area contributed by atoms with Crippen LogP contribution in [-0.4, -0.2) is 60.3 Å². The van der Waals surface area contributed by atoms with Crippen molar-refractivity contribution in [3.63, 3.8) is 0 Å². The number of rotatable bonds is 5. The number of likely N-dealkylation sites (N-methyl/N-ethyl adjacent to an activating group) is 1. The summed E-state index contributed by atoms with van der Waals surface area (Å²) in [6, 6.07) is -0.588. The average Bonchev–Trinajstić information content (AvgIpc) is 2.37. The molecule has 6 nitrogen and oxygen atoms in total. The summed E-state index contributed by atoms with van der Waals surface area (Å²) in [5.74, 6) is -1.45. The maximum Gasteiger partial charge on any atom is 0.307 e. The Kier molecular flexibility index (Phi) is 5.55. The monoisotopic (exact) mass is 258 g/mol. The van der Waals surface area contributed by atoms with Crippen LogP contribution in [0.1, 0.15) is 20.8 Å². The number of morpholine rings is 1. The highest BCUT2D eigenvalue weighted by Gasteiger charge is 2.35. The highest BCUT2D eigenvalue weighted by Crippen LogP contribution is 2.17. The van der Waals surface area contributed by atoms with Crippen LogP contribution in [-0.2, 0) is 14.3 Å². The van der Waals surface area contributed by atoms with Crippen molar-refractivity contribution >= 4 is 11.9 Å². The van der Waals surface area contributed by atoms with Gasteiger partial charge in [-0.2, -0.15) is 0 Å². The third-order valence-electron chi connectivity index (χ3n) is 3.46. The van der Waals surface area contributed by atoms with Crippen molar-refractivity contribution in [2.24, 2.45) is 5.92 Å². The van der Waals surface area contributed by atoms with Crippen LogP contribution >= 0.6 is 0 Å². The van der Waals surface area contributed by atoms with E-state index in [9.17, 15) is 9.59 Å². The fourth-order valence-corrected chi connectivity index (χ4v) is 2.12. The van der Waals surface area contributed by atoms with Gasteiger partial charge >= 0.3 is 5.97 Å². The minimum atomic E-state index is -0.844. The second-order valence-electron chi connectivity index (χ2n) is 4.59. The summed E-state index contributed by atoms with van der Waals surface area (Å²) in [6.45, 7) is 7.37. The molecular weight excluding hydrogens is 236 g/mol. The third-order valence-corrected chi connectivity index (χ3v) is 3.46. The molecule has 1 rings (SSSR count). The van der Waals surface area contributed by atoms with Gasteiger partial charge < -0.3 is 15.2 Å². The van der Waals surface area contributed by atoms with Gasteiger partial charge in [0.2, 0.25) is 5.91 Å². The Bertz CT molecular complexity index is 308. The molecule has 3 atom stereocenters. The molecule has 0 aliphatic carbocycles. The maximum absolute atomic E-state index is 11.9. The van der Waals surface area contributed by atoms with Crippen LogP contribution in [0.5, 0.6) is 0 Å². The molecule has 0 bridgehead atoms. The summed E-state index contributed by atoms with van der Waals surface area (Å²) in [5, 5.41) is 11.8. The zero-order valence-electron chi connectivity index (χ0n) is 11.2. The van der Waals surface area contributed by atoms with E-state index in [0.717, 1.165) is 0 Å². The lowest BCUT2D eigenvalue weighted by Crippen LogP contribution is -2.58. The zero-order valence-corrected chi connectivity index (χ0v) is 11.2. The van der Waals surface area contributed by atoms with Crippen molar-refractivity contribution in [2.75, 3.05) is 26.3 Å². The van der Waals surface area contributed by atoms with Gasteiger partial charge in [-0.15, -0.1) is 0 Å². The molecule has 1 fully saturated rings. The van der Waals surface area contributed by atoms with E-state index in [-0.39, 0.29) is 11.9 Å². The van der Waals surface area contributed by atoms with Gasteiger partial charge in [-0.1, -0.05) is 6.92 Å². The third kappa shape index (κ3) is 3.43. The summed E-state index contributed by atoms with van der Waals surface area (Å²) >= 11 is 0. The van der Waals surface area contributed by atoms with Gasteiger partial charge in [-0.25, -0.2) is 0 Å². The Morgan fingerprint density at radius 2 is 2.17 bits per heavy atom. The molecule has 1 heterocycles. The molecule has 0 aromatic carbocycles. The first-order valence-electron chi connectivity index (χ1n) is 6.33. The first kappa shape index (κ1) is 14.9. The van der Waals surface area contributed by atoms with Crippen LogP contribution in [0.15, 0.2) is 0 Å². The first-order valence-corrected chi connectivity index (χ1v) is 6.33. The lowest BCUT2D eigenvalue weighted by atomic mass is 9.99. The fraction of sp³-hybridized carbons (Fsp3) is 0.833. The van der Waals surface area contributed by atoms with Gasteiger partial charge in [-0.3, -0.25) is 14.5 Å². The number of aliphatic carboxylic acids is 1. The van der Waals surface area contributed by atoms with E-state index in [0.29, 0.717) is 26.3 Å². The molecule has 1 saturated heterocycles. The summed E-state index contributed by atoms with van der Waals surface area (Å²) in [5.41, 5.74) is 0. The lowest BCUT2D eigenvalue weighted by molar-refractivity contribution is -0.148. The van der Waals surface area contributed by atoms with Crippen molar-refractivity contribution < 1.29 is 19.4 Å². The van der Waals surface area contributed by atoms with Crippen LogP contribution < -0.4 is 5.32 Å². The molecule has 1 aliphatic heterocycles. The summed E-state index contributed by atoms with van der Waals surface area (Å²) in [6.07, 6.45) is 0. The first-order chi connectivity index (χ1) is 8.49. The zero-order chi connectivity index (χ0) is 13.7. The van der Waals surface area contributed by atoms with E-state index >= 15 is 0 Å². The largest absolute Gasteiger partial charge is 0.481 e. The Labute approximate surface area is 107 Å². The van der Waals surface area contributed by atoms with Crippen molar-refractivity contribution in [3.8, 4) is 0 Å². The predicted octanol–water partition coefficient (Wildman–Crippen LogP) is -0.0675. The number of hydrogen-bond acceptors (Lipinski definition) is 4. The number of carboxylic acid groups (broad SMARTS) is 1. The summed E-state index contributed by atoms with van der Waals surface area (Å²) in [7, 11) is 0. The van der Waals surface area contributed by atoms with Gasteiger partial charge in [0.05, 0.1) is 19.1 Å². The molecule has 0 aromatic rings. The number of hydrogen-bond donors (Lipinski definition) is 2. The van der Waals surface area contributed by atoms with Crippen molar-refractivity contribution in [1.29, 1.82) is 0 Å². The van der Waals surface area contributed by atoms with E-state index in [1.54, 1.807) is 6.92 Å². The number of nitrogens with one attached hydrogen (secondary N) is 1. The second kappa shape index (κ2) is 6.70. The van der Waals surface area contributed by atoms with Gasteiger partial charge in [0.15, 0.2) is 0 Å². The topological polar surface area (TPSA) is 78.9 Å². The van der Waals surface area contributed by atoms with Crippen LogP contribution in [0.4, 0.5) is 0 Å². The van der Waals surface area contributed by atoms with Crippen LogP contribution in [0.25, 0.3) is 0 Å². The molecule has 0 radical (unpaired) electrons. The molecule has 18 heavy (non-hydrogen) atoms. The Balaban J connectivity index is 2.75.